The minimum absolute atomic E-state index is 0.553. The maximum absolute atomic E-state index is 5.54. The third-order valence-electron chi connectivity index (χ3n) is 3.95. The van der Waals surface area contributed by atoms with E-state index in [9.17, 15) is 0 Å². The Hall–Kier alpha value is -3.21. The Morgan fingerprint density at radius 3 is 2.62 bits per heavy atom. The van der Waals surface area contributed by atoms with Gasteiger partial charge < -0.3 is 9.84 Å². The summed E-state index contributed by atoms with van der Waals surface area (Å²) in [7, 11) is 0. The molecule has 4 aromatic rings. The molecule has 24 heavy (non-hydrogen) atoms. The maximum Gasteiger partial charge on any atom is 0.228 e. The second-order valence-electron chi connectivity index (χ2n) is 5.74. The van der Waals surface area contributed by atoms with Gasteiger partial charge in [0.15, 0.2) is 5.82 Å². The van der Waals surface area contributed by atoms with Gasteiger partial charge in [-0.25, -0.2) is 9.97 Å². The lowest BCUT2D eigenvalue weighted by atomic mass is 10.1. The summed E-state index contributed by atoms with van der Waals surface area (Å²) < 4.78 is 5.54. The molecular weight excluding hydrogens is 300 g/mol. The first-order valence-electron chi connectivity index (χ1n) is 7.72. The van der Waals surface area contributed by atoms with Crippen LogP contribution in [0.1, 0.15) is 11.1 Å². The predicted molar refractivity (Wildman–Crippen MR) is 94.2 cm³/mol. The summed E-state index contributed by atoms with van der Waals surface area (Å²) in [5.41, 5.74) is 6.24. The molecule has 0 spiro atoms. The van der Waals surface area contributed by atoms with Gasteiger partial charge in [0.25, 0.3) is 0 Å². The van der Waals surface area contributed by atoms with E-state index in [0.29, 0.717) is 16.9 Å². The molecule has 4 rings (SSSR count). The van der Waals surface area contributed by atoms with Crippen LogP contribution in [0.25, 0.3) is 22.4 Å². The summed E-state index contributed by atoms with van der Waals surface area (Å²) in [4.78, 5) is 8.68. The highest BCUT2D eigenvalue weighted by Crippen LogP contribution is 2.31. The molecule has 0 bridgehead atoms. The van der Waals surface area contributed by atoms with Crippen molar-refractivity contribution in [2.24, 2.45) is 0 Å². The predicted octanol–water partition coefficient (Wildman–Crippen LogP) is 4.65. The van der Waals surface area contributed by atoms with Crippen LogP contribution in [0.15, 0.2) is 59.4 Å². The van der Waals surface area contributed by atoms with Crippen LogP contribution < -0.4 is 5.32 Å². The summed E-state index contributed by atoms with van der Waals surface area (Å²) in [5.74, 6) is 0.614. The standard InChI is InChI=1S/C19H16N4O/c1-12-8-9-13(2)15(10-12)22-19-18-17(20-11-21-19)16(23-24-18)14-6-4-3-5-7-14/h3-11H,1-2H3,(H,20,21,22). The number of rotatable bonds is 3. The number of hydrogen-bond acceptors (Lipinski definition) is 5. The molecule has 1 N–H and O–H groups in total. The first-order valence-corrected chi connectivity index (χ1v) is 7.72. The van der Waals surface area contributed by atoms with Crippen molar-refractivity contribution < 1.29 is 4.52 Å². The molecule has 2 aromatic heterocycles. The van der Waals surface area contributed by atoms with Crippen LogP contribution in [0.4, 0.5) is 11.5 Å². The second kappa shape index (κ2) is 5.77. The van der Waals surface area contributed by atoms with Crippen molar-refractivity contribution in [2.45, 2.75) is 13.8 Å². The molecule has 0 fully saturated rings. The van der Waals surface area contributed by atoms with E-state index in [2.05, 4.69) is 52.5 Å². The van der Waals surface area contributed by atoms with Crippen LogP contribution in [-0.2, 0) is 0 Å². The summed E-state index contributed by atoms with van der Waals surface area (Å²) in [6, 6.07) is 16.1. The van der Waals surface area contributed by atoms with Crippen molar-refractivity contribution in [1.29, 1.82) is 0 Å². The number of nitrogens with one attached hydrogen (secondary N) is 1. The number of nitrogens with zero attached hydrogens (tertiary/aromatic N) is 3. The number of hydrogen-bond donors (Lipinski definition) is 1. The molecule has 0 amide bonds. The van der Waals surface area contributed by atoms with E-state index in [4.69, 9.17) is 4.52 Å². The van der Waals surface area contributed by atoms with Crippen molar-refractivity contribution >= 4 is 22.6 Å². The van der Waals surface area contributed by atoms with Gasteiger partial charge in [-0.2, -0.15) is 0 Å². The topological polar surface area (TPSA) is 63.8 Å². The fraction of sp³-hybridized carbons (Fsp3) is 0.105. The van der Waals surface area contributed by atoms with Gasteiger partial charge in [0.2, 0.25) is 5.58 Å². The zero-order valence-electron chi connectivity index (χ0n) is 13.4. The highest BCUT2D eigenvalue weighted by molar-refractivity contribution is 5.94. The van der Waals surface area contributed by atoms with Gasteiger partial charge in [-0.15, -0.1) is 0 Å². The summed E-state index contributed by atoms with van der Waals surface area (Å²) >= 11 is 0. The molecule has 2 heterocycles. The molecule has 5 nitrogen and oxygen atoms in total. The molecule has 0 radical (unpaired) electrons. The van der Waals surface area contributed by atoms with Gasteiger partial charge in [-0.1, -0.05) is 47.6 Å². The van der Waals surface area contributed by atoms with Crippen molar-refractivity contribution in [3.05, 3.63) is 66.0 Å². The van der Waals surface area contributed by atoms with E-state index in [1.165, 1.54) is 11.9 Å². The van der Waals surface area contributed by atoms with E-state index in [-0.39, 0.29) is 0 Å². The van der Waals surface area contributed by atoms with Crippen LogP contribution in [0.3, 0.4) is 0 Å². The van der Waals surface area contributed by atoms with E-state index in [0.717, 1.165) is 22.5 Å². The molecule has 0 aliphatic carbocycles. The average molecular weight is 316 g/mol. The van der Waals surface area contributed by atoms with Crippen LogP contribution >= 0.6 is 0 Å². The highest BCUT2D eigenvalue weighted by Gasteiger charge is 2.16. The lowest BCUT2D eigenvalue weighted by Gasteiger charge is -2.09. The minimum Gasteiger partial charge on any atom is -0.350 e. The first kappa shape index (κ1) is 14.4. The lowest BCUT2D eigenvalue weighted by Crippen LogP contribution is -1.97. The monoisotopic (exact) mass is 316 g/mol. The van der Waals surface area contributed by atoms with Crippen LogP contribution in [0.2, 0.25) is 0 Å². The molecule has 0 aliphatic rings. The molecule has 0 atom stereocenters. The van der Waals surface area contributed by atoms with Crippen LogP contribution in [0.5, 0.6) is 0 Å². The van der Waals surface area contributed by atoms with Gasteiger partial charge in [-0.05, 0) is 31.0 Å². The largest absolute Gasteiger partial charge is 0.350 e. The van der Waals surface area contributed by atoms with Crippen molar-refractivity contribution in [3.63, 3.8) is 0 Å². The van der Waals surface area contributed by atoms with E-state index >= 15 is 0 Å². The minimum atomic E-state index is 0.553. The molecule has 0 saturated carbocycles. The van der Waals surface area contributed by atoms with Crippen LogP contribution in [-0.4, -0.2) is 15.1 Å². The Kier molecular flexibility index (Phi) is 3.46. The Balaban J connectivity index is 1.80. The first-order chi connectivity index (χ1) is 11.7. The molecular formula is C19H16N4O. The lowest BCUT2D eigenvalue weighted by molar-refractivity contribution is 0.459. The quantitative estimate of drug-likeness (QED) is 0.596. The smallest absolute Gasteiger partial charge is 0.228 e. The summed E-state index contributed by atoms with van der Waals surface area (Å²) in [6.07, 6.45) is 1.53. The van der Waals surface area contributed by atoms with E-state index < -0.39 is 0 Å². The molecule has 5 heteroatoms. The number of aryl methyl sites for hydroxylation is 2. The summed E-state index contributed by atoms with van der Waals surface area (Å²) in [6.45, 7) is 4.11. The van der Waals surface area contributed by atoms with Crippen molar-refractivity contribution in [1.82, 2.24) is 15.1 Å². The SMILES string of the molecule is Cc1ccc(C)c(Nc2ncnc3c(-c4ccccc4)noc23)c1. The Bertz CT molecular complexity index is 1010. The van der Waals surface area contributed by atoms with Crippen LogP contribution in [0, 0.1) is 13.8 Å². The summed E-state index contributed by atoms with van der Waals surface area (Å²) in [5, 5.41) is 7.53. The maximum atomic E-state index is 5.54. The fourth-order valence-electron chi connectivity index (χ4n) is 2.64. The van der Waals surface area contributed by atoms with E-state index in [1.807, 2.05) is 30.3 Å². The normalized spacial score (nSPS) is 10.9. The third-order valence-corrected chi connectivity index (χ3v) is 3.95. The van der Waals surface area contributed by atoms with Crippen molar-refractivity contribution in [3.8, 4) is 11.3 Å². The Morgan fingerprint density at radius 2 is 1.79 bits per heavy atom. The fourth-order valence-corrected chi connectivity index (χ4v) is 2.64. The molecule has 118 valence electrons. The third kappa shape index (κ3) is 2.50. The number of fused-ring (bicyclic) bond motifs is 1. The van der Waals surface area contributed by atoms with E-state index in [1.54, 1.807) is 0 Å². The molecule has 2 aromatic carbocycles. The molecule has 0 unspecified atom stereocenters. The van der Waals surface area contributed by atoms with Gasteiger partial charge in [0.1, 0.15) is 17.5 Å². The van der Waals surface area contributed by atoms with Gasteiger partial charge in [-0.3, -0.25) is 0 Å². The Morgan fingerprint density at radius 1 is 0.958 bits per heavy atom. The van der Waals surface area contributed by atoms with Crippen molar-refractivity contribution in [2.75, 3.05) is 5.32 Å². The average Bonchev–Trinajstić information content (AvgIpc) is 3.04. The number of aromatic nitrogens is 3. The van der Waals surface area contributed by atoms with Gasteiger partial charge in [0, 0.05) is 11.3 Å². The second-order valence-corrected chi connectivity index (χ2v) is 5.74. The molecule has 0 saturated heterocycles. The molecule has 0 aliphatic heterocycles. The number of benzene rings is 2. The highest BCUT2D eigenvalue weighted by atomic mass is 16.5. The number of anilines is 2. The van der Waals surface area contributed by atoms with Gasteiger partial charge in [0.05, 0.1) is 0 Å². The zero-order chi connectivity index (χ0) is 16.5. The zero-order valence-corrected chi connectivity index (χ0v) is 13.4. The Labute approximate surface area is 139 Å². The van der Waals surface area contributed by atoms with Gasteiger partial charge >= 0.3 is 0 Å².